The van der Waals surface area contributed by atoms with E-state index >= 15 is 0 Å². The minimum absolute atomic E-state index is 0.0112. The minimum atomic E-state index is -4.83. The fourth-order valence-electron chi connectivity index (χ4n) is 4.32. The van der Waals surface area contributed by atoms with Crippen LogP contribution < -0.4 is 5.32 Å². The van der Waals surface area contributed by atoms with E-state index < -0.39 is 70.5 Å². The molecule has 2 saturated heterocycles. The molecule has 0 spiro atoms. The fraction of sp³-hybridized carbons (Fsp3) is 0.500. The fourth-order valence-corrected chi connectivity index (χ4v) is 4.53. The quantitative estimate of drug-likeness (QED) is 0.652. The van der Waals surface area contributed by atoms with Gasteiger partial charge in [0.1, 0.15) is 5.82 Å². The highest BCUT2D eigenvalue weighted by molar-refractivity contribution is 6.31. The first-order valence-electron chi connectivity index (χ1n) is 9.25. The normalized spacial score (nSPS) is 27.7. The summed E-state index contributed by atoms with van der Waals surface area (Å²) in [5, 5.41) is 15.1. The number of aryl methyl sites for hydroxylation is 1. The van der Waals surface area contributed by atoms with E-state index in [4.69, 9.17) is 16.3 Å². The second kappa shape index (κ2) is 7.59. The molecular formula is C18H15ClF6N4O3. The molecule has 0 aliphatic carbocycles. The molecule has 7 nitrogen and oxygen atoms in total. The van der Waals surface area contributed by atoms with Crippen LogP contribution in [0.2, 0.25) is 5.02 Å². The summed E-state index contributed by atoms with van der Waals surface area (Å²) >= 11 is 5.52. The van der Waals surface area contributed by atoms with Gasteiger partial charge in [-0.1, -0.05) is 11.6 Å². The van der Waals surface area contributed by atoms with E-state index in [2.05, 4.69) is 15.4 Å². The van der Waals surface area contributed by atoms with Crippen LogP contribution in [0.1, 0.15) is 29.2 Å². The second-order valence-corrected chi connectivity index (χ2v) is 8.04. The number of hydrogen-bond donors (Lipinski definition) is 2. The smallest absolute Gasteiger partial charge is 0.390 e. The van der Waals surface area contributed by atoms with Gasteiger partial charge in [-0.25, -0.2) is 4.98 Å². The number of fused-ring (bicyclic) bond motifs is 2. The van der Waals surface area contributed by atoms with E-state index in [0.717, 1.165) is 10.9 Å². The topological polar surface area (TPSA) is 89.3 Å². The Morgan fingerprint density at radius 2 is 1.97 bits per heavy atom. The summed E-state index contributed by atoms with van der Waals surface area (Å²) in [6.45, 7) is 0. The lowest BCUT2D eigenvalue weighted by Gasteiger charge is -2.30. The third kappa shape index (κ3) is 3.92. The van der Waals surface area contributed by atoms with E-state index in [-0.39, 0.29) is 12.0 Å². The summed E-state index contributed by atoms with van der Waals surface area (Å²) in [5.41, 5.74) is -2.80. The minimum Gasteiger partial charge on any atom is -0.390 e. The maximum Gasteiger partial charge on any atom is 0.435 e. The molecule has 0 unspecified atom stereocenters. The van der Waals surface area contributed by atoms with Crippen molar-refractivity contribution in [2.75, 3.05) is 5.32 Å². The molecule has 0 aromatic carbocycles. The number of aliphatic hydroxyl groups is 1. The maximum atomic E-state index is 13.5. The third-order valence-electron chi connectivity index (χ3n) is 5.53. The monoisotopic (exact) mass is 484 g/mol. The van der Waals surface area contributed by atoms with Crippen molar-refractivity contribution >= 4 is 23.3 Å². The number of rotatable bonds is 3. The number of carbonyl (C=O) groups is 1. The molecule has 2 aromatic heterocycles. The van der Waals surface area contributed by atoms with Crippen LogP contribution in [0.3, 0.4) is 0 Å². The van der Waals surface area contributed by atoms with Crippen molar-refractivity contribution in [2.24, 2.45) is 13.0 Å². The van der Waals surface area contributed by atoms with E-state index in [0.29, 0.717) is 12.3 Å². The van der Waals surface area contributed by atoms with Crippen LogP contribution in [0, 0.1) is 5.92 Å². The third-order valence-corrected chi connectivity index (χ3v) is 5.83. The van der Waals surface area contributed by atoms with Crippen molar-refractivity contribution < 1.29 is 41.0 Å². The Kier molecular flexibility index (Phi) is 5.41. The molecule has 2 bridgehead atoms. The Morgan fingerprint density at radius 1 is 1.28 bits per heavy atom. The zero-order chi connectivity index (χ0) is 23.6. The molecule has 4 heterocycles. The van der Waals surface area contributed by atoms with Crippen LogP contribution in [0.4, 0.5) is 32.2 Å². The lowest BCUT2D eigenvalue weighted by atomic mass is 9.74. The number of aromatic nitrogens is 3. The van der Waals surface area contributed by atoms with Gasteiger partial charge >= 0.3 is 12.4 Å². The Bertz CT molecular complexity index is 1060. The predicted molar refractivity (Wildman–Crippen MR) is 96.6 cm³/mol. The first-order valence-corrected chi connectivity index (χ1v) is 9.63. The van der Waals surface area contributed by atoms with Crippen molar-refractivity contribution in [1.29, 1.82) is 0 Å². The molecule has 2 aromatic rings. The zero-order valence-corrected chi connectivity index (χ0v) is 16.8. The summed E-state index contributed by atoms with van der Waals surface area (Å²) in [5.74, 6) is -3.81. The molecule has 32 heavy (non-hydrogen) atoms. The highest BCUT2D eigenvalue weighted by Crippen LogP contribution is 2.51. The van der Waals surface area contributed by atoms with Crippen LogP contribution in [-0.2, 0) is 28.9 Å². The molecule has 0 radical (unpaired) electrons. The van der Waals surface area contributed by atoms with Crippen LogP contribution in [0.5, 0.6) is 0 Å². The molecule has 2 N–H and O–H groups in total. The molecule has 2 aliphatic rings. The molecule has 14 heteroatoms. The van der Waals surface area contributed by atoms with E-state index in [9.17, 15) is 36.2 Å². The largest absolute Gasteiger partial charge is 0.435 e. The molecule has 174 valence electrons. The molecule has 4 rings (SSSR count). The van der Waals surface area contributed by atoms with E-state index in [1.165, 1.54) is 7.05 Å². The van der Waals surface area contributed by atoms with Gasteiger partial charge in [-0.3, -0.25) is 9.48 Å². The number of aliphatic hydroxyl groups excluding tert-OH is 1. The van der Waals surface area contributed by atoms with Gasteiger partial charge in [-0.2, -0.15) is 31.4 Å². The number of nitrogens with zero attached hydrogens (tertiary/aromatic N) is 3. The Balaban J connectivity index is 1.68. The van der Waals surface area contributed by atoms with Crippen molar-refractivity contribution in [2.45, 2.75) is 43.0 Å². The van der Waals surface area contributed by atoms with E-state index in [1.54, 1.807) is 0 Å². The summed E-state index contributed by atoms with van der Waals surface area (Å²) in [7, 11) is 1.27. The summed E-state index contributed by atoms with van der Waals surface area (Å²) < 4.78 is 86.3. The average Bonchev–Trinajstić information content (AvgIpc) is 3.33. The van der Waals surface area contributed by atoms with Gasteiger partial charge in [-0.15, -0.1) is 0 Å². The molecule has 5 atom stereocenters. The SMILES string of the molecule is Cn1cc([C@H]2[C@H]3O[C@H](C[C@@H]3O)[C@@H]2C(=O)Nc2cc(C(F)(F)F)c(Cl)cn2)c(C(F)(F)F)n1. The van der Waals surface area contributed by atoms with Crippen molar-refractivity contribution in [3.8, 4) is 0 Å². The van der Waals surface area contributed by atoms with Crippen molar-refractivity contribution in [3.63, 3.8) is 0 Å². The van der Waals surface area contributed by atoms with Gasteiger partial charge in [0.2, 0.25) is 5.91 Å². The maximum absolute atomic E-state index is 13.5. The van der Waals surface area contributed by atoms with Crippen molar-refractivity contribution in [3.05, 3.63) is 40.3 Å². The number of nitrogens with one attached hydrogen (secondary N) is 1. The summed E-state index contributed by atoms with van der Waals surface area (Å²) in [4.78, 5) is 16.6. The van der Waals surface area contributed by atoms with Crippen LogP contribution in [0.25, 0.3) is 0 Å². The molecule has 0 saturated carbocycles. The number of halogens is 7. The van der Waals surface area contributed by atoms with Gasteiger partial charge in [0.25, 0.3) is 0 Å². The number of carbonyl (C=O) groups excluding carboxylic acids is 1. The molecule has 2 fully saturated rings. The number of ether oxygens (including phenoxy) is 1. The number of alkyl halides is 6. The number of pyridine rings is 1. The summed E-state index contributed by atoms with van der Waals surface area (Å²) in [6, 6.07) is 0.531. The average molecular weight is 485 g/mol. The molecular weight excluding hydrogens is 470 g/mol. The van der Waals surface area contributed by atoms with Crippen molar-refractivity contribution in [1.82, 2.24) is 14.8 Å². The zero-order valence-electron chi connectivity index (χ0n) is 16.1. The first-order chi connectivity index (χ1) is 14.8. The Hall–Kier alpha value is -2.38. The van der Waals surface area contributed by atoms with E-state index in [1.807, 2.05) is 0 Å². The van der Waals surface area contributed by atoms with Gasteiger partial charge in [0.15, 0.2) is 5.69 Å². The van der Waals surface area contributed by atoms with Gasteiger partial charge in [0.05, 0.1) is 34.8 Å². The predicted octanol–water partition coefficient (Wildman–Crippen LogP) is 3.38. The number of hydrogen-bond acceptors (Lipinski definition) is 5. The second-order valence-electron chi connectivity index (χ2n) is 7.63. The first kappa shape index (κ1) is 22.8. The number of anilines is 1. The summed E-state index contributed by atoms with van der Waals surface area (Å²) in [6.07, 6.45) is -11.0. The Labute approximate surface area is 181 Å². The lowest BCUT2D eigenvalue weighted by Crippen LogP contribution is -2.41. The molecule has 2 aliphatic heterocycles. The van der Waals surface area contributed by atoms with Gasteiger partial charge in [-0.05, 0) is 6.07 Å². The Morgan fingerprint density at radius 3 is 2.59 bits per heavy atom. The van der Waals surface area contributed by atoms with Gasteiger partial charge in [0, 0.05) is 37.3 Å². The van der Waals surface area contributed by atoms with Crippen LogP contribution in [-0.4, -0.2) is 44.1 Å². The standard InChI is InChI=1S/C18H15ClF6N4O3/c1-29-5-6(15(28-29)18(23,24)25)12-13(10-3-9(30)14(12)32-10)16(31)27-11-2-7(17(20,21)22)8(19)4-26-11/h2,4-5,9-10,12-14,30H,3H2,1H3,(H,26,27,31)/t9-,10+,12+,13-,14-/m0/s1. The lowest BCUT2D eigenvalue weighted by molar-refractivity contribution is -0.143. The van der Waals surface area contributed by atoms with Crippen LogP contribution >= 0.6 is 11.6 Å². The highest BCUT2D eigenvalue weighted by atomic mass is 35.5. The number of amides is 1. The van der Waals surface area contributed by atoms with Crippen LogP contribution in [0.15, 0.2) is 18.5 Å². The molecule has 1 amide bonds. The highest BCUT2D eigenvalue weighted by Gasteiger charge is 2.59. The van der Waals surface area contributed by atoms with Gasteiger partial charge < -0.3 is 15.2 Å².